The van der Waals surface area contributed by atoms with Crippen LogP contribution in [0.3, 0.4) is 0 Å². The van der Waals surface area contributed by atoms with Crippen LogP contribution >= 0.6 is 24.0 Å². The number of anilines is 1. The standard InChI is InChI=1S/C12H11NO2S2/c1-8-5-3-4-6-9(8)13-11(14)10(7-15-2)17-12(13)16/h3-7H,1-2H3/b10-7+. The topological polar surface area (TPSA) is 29.5 Å². The number of amides is 1. The lowest BCUT2D eigenvalue weighted by Crippen LogP contribution is -2.28. The van der Waals surface area contributed by atoms with Gasteiger partial charge in [-0.2, -0.15) is 0 Å². The minimum absolute atomic E-state index is 0.129. The van der Waals surface area contributed by atoms with Gasteiger partial charge in [0.25, 0.3) is 5.91 Å². The molecule has 1 fully saturated rings. The van der Waals surface area contributed by atoms with Gasteiger partial charge >= 0.3 is 0 Å². The predicted molar refractivity (Wildman–Crippen MR) is 73.9 cm³/mol. The molecule has 1 saturated heterocycles. The fourth-order valence-electron chi connectivity index (χ4n) is 1.58. The Hall–Kier alpha value is -1.33. The zero-order chi connectivity index (χ0) is 12.4. The summed E-state index contributed by atoms with van der Waals surface area (Å²) in [5.41, 5.74) is 1.84. The van der Waals surface area contributed by atoms with Crippen molar-refractivity contribution >= 4 is 39.9 Å². The summed E-state index contributed by atoms with van der Waals surface area (Å²) >= 11 is 6.48. The average molecular weight is 265 g/mol. The fourth-order valence-corrected chi connectivity index (χ4v) is 2.81. The third kappa shape index (κ3) is 2.21. The second-order valence-electron chi connectivity index (χ2n) is 3.51. The van der Waals surface area contributed by atoms with Crippen molar-refractivity contribution in [2.75, 3.05) is 12.0 Å². The van der Waals surface area contributed by atoms with Crippen molar-refractivity contribution in [2.24, 2.45) is 0 Å². The maximum atomic E-state index is 12.1. The molecule has 1 aliphatic heterocycles. The maximum Gasteiger partial charge on any atom is 0.273 e. The van der Waals surface area contributed by atoms with E-state index in [2.05, 4.69) is 0 Å². The number of rotatable bonds is 2. The molecule has 0 N–H and O–H groups in total. The van der Waals surface area contributed by atoms with Gasteiger partial charge in [-0.3, -0.25) is 9.69 Å². The Morgan fingerprint density at radius 2 is 2.12 bits per heavy atom. The Morgan fingerprint density at radius 3 is 2.76 bits per heavy atom. The Labute approximate surface area is 109 Å². The van der Waals surface area contributed by atoms with E-state index in [1.165, 1.54) is 25.1 Å². The maximum absolute atomic E-state index is 12.1. The van der Waals surface area contributed by atoms with Crippen LogP contribution in [0.15, 0.2) is 35.4 Å². The molecule has 17 heavy (non-hydrogen) atoms. The number of ether oxygens (including phenoxy) is 1. The Kier molecular flexibility index (Phi) is 3.49. The summed E-state index contributed by atoms with van der Waals surface area (Å²) in [5.74, 6) is -0.129. The summed E-state index contributed by atoms with van der Waals surface area (Å²) in [6, 6.07) is 7.66. The van der Waals surface area contributed by atoms with E-state index in [0.29, 0.717) is 9.23 Å². The molecule has 0 aliphatic carbocycles. The molecule has 0 atom stereocenters. The van der Waals surface area contributed by atoms with Crippen LogP contribution in [0.4, 0.5) is 5.69 Å². The lowest BCUT2D eigenvalue weighted by molar-refractivity contribution is -0.113. The first kappa shape index (κ1) is 12.1. The number of nitrogens with zero attached hydrogens (tertiary/aromatic N) is 1. The lowest BCUT2D eigenvalue weighted by atomic mass is 10.2. The normalized spacial score (nSPS) is 18.0. The summed E-state index contributed by atoms with van der Waals surface area (Å²) < 4.78 is 5.40. The highest BCUT2D eigenvalue weighted by Crippen LogP contribution is 2.35. The molecule has 0 spiro atoms. The monoisotopic (exact) mass is 265 g/mol. The highest BCUT2D eigenvalue weighted by atomic mass is 32.2. The van der Waals surface area contributed by atoms with Crippen molar-refractivity contribution in [3.63, 3.8) is 0 Å². The van der Waals surface area contributed by atoms with Crippen LogP contribution < -0.4 is 4.90 Å². The number of methoxy groups -OCH3 is 1. The molecule has 0 aromatic heterocycles. The number of thioether (sulfide) groups is 1. The number of aryl methyl sites for hydroxylation is 1. The smallest absolute Gasteiger partial charge is 0.273 e. The molecule has 1 aliphatic rings. The van der Waals surface area contributed by atoms with Gasteiger partial charge in [0.2, 0.25) is 0 Å². The lowest BCUT2D eigenvalue weighted by Gasteiger charge is -2.16. The fraction of sp³-hybridized carbons (Fsp3) is 0.167. The molecule has 0 bridgehead atoms. The van der Waals surface area contributed by atoms with Gasteiger partial charge in [0, 0.05) is 0 Å². The van der Waals surface area contributed by atoms with E-state index in [9.17, 15) is 4.79 Å². The van der Waals surface area contributed by atoms with E-state index in [4.69, 9.17) is 17.0 Å². The summed E-state index contributed by atoms with van der Waals surface area (Å²) in [4.78, 5) is 14.2. The molecule has 1 aromatic carbocycles. The molecule has 88 valence electrons. The molecule has 1 amide bonds. The van der Waals surface area contributed by atoms with E-state index in [0.717, 1.165) is 11.3 Å². The Balaban J connectivity index is 2.41. The van der Waals surface area contributed by atoms with Crippen molar-refractivity contribution in [2.45, 2.75) is 6.92 Å². The second-order valence-corrected chi connectivity index (χ2v) is 5.19. The van der Waals surface area contributed by atoms with Crippen molar-refractivity contribution in [1.29, 1.82) is 0 Å². The van der Waals surface area contributed by atoms with Crippen LogP contribution in [0, 0.1) is 6.92 Å². The number of carbonyl (C=O) groups excluding carboxylic acids is 1. The van der Waals surface area contributed by atoms with E-state index < -0.39 is 0 Å². The molecule has 0 radical (unpaired) electrons. The molecule has 1 heterocycles. The molecule has 2 rings (SSSR count). The predicted octanol–water partition coefficient (Wildman–Crippen LogP) is 2.85. The molecule has 1 aromatic rings. The van der Waals surface area contributed by atoms with Crippen LogP contribution in [-0.4, -0.2) is 17.3 Å². The van der Waals surface area contributed by atoms with E-state index >= 15 is 0 Å². The largest absolute Gasteiger partial charge is 0.503 e. The van der Waals surface area contributed by atoms with E-state index in [1.54, 1.807) is 4.90 Å². The van der Waals surface area contributed by atoms with Gasteiger partial charge in [-0.25, -0.2) is 0 Å². The van der Waals surface area contributed by atoms with Gasteiger partial charge in [0.15, 0.2) is 4.32 Å². The second kappa shape index (κ2) is 4.89. The summed E-state index contributed by atoms with van der Waals surface area (Å²) in [6.45, 7) is 1.95. The number of benzene rings is 1. The molecule has 3 nitrogen and oxygen atoms in total. The number of thiocarbonyl (C=S) groups is 1. The van der Waals surface area contributed by atoms with Crippen LogP contribution in [-0.2, 0) is 9.53 Å². The average Bonchev–Trinajstić information content (AvgIpc) is 2.57. The van der Waals surface area contributed by atoms with Crippen molar-refractivity contribution in [3.05, 3.63) is 41.0 Å². The van der Waals surface area contributed by atoms with Crippen LogP contribution in [0.1, 0.15) is 5.56 Å². The van der Waals surface area contributed by atoms with E-state index in [-0.39, 0.29) is 5.91 Å². The first-order valence-electron chi connectivity index (χ1n) is 5.00. The zero-order valence-electron chi connectivity index (χ0n) is 9.47. The van der Waals surface area contributed by atoms with Gasteiger partial charge in [-0.05, 0) is 18.6 Å². The van der Waals surface area contributed by atoms with Gasteiger partial charge in [-0.15, -0.1) is 0 Å². The van der Waals surface area contributed by atoms with Crippen molar-refractivity contribution in [3.8, 4) is 0 Å². The number of para-hydroxylation sites is 1. The van der Waals surface area contributed by atoms with Crippen molar-refractivity contribution < 1.29 is 9.53 Å². The minimum Gasteiger partial charge on any atom is -0.503 e. The highest BCUT2D eigenvalue weighted by Gasteiger charge is 2.34. The number of hydrogen-bond acceptors (Lipinski definition) is 4. The van der Waals surface area contributed by atoms with Gasteiger partial charge < -0.3 is 4.74 Å². The summed E-state index contributed by atoms with van der Waals surface area (Å²) in [5, 5.41) is 0. The molecular weight excluding hydrogens is 254 g/mol. The molecule has 0 saturated carbocycles. The van der Waals surface area contributed by atoms with Gasteiger partial charge in [0.05, 0.1) is 12.8 Å². The zero-order valence-corrected chi connectivity index (χ0v) is 11.1. The van der Waals surface area contributed by atoms with Crippen LogP contribution in [0.5, 0.6) is 0 Å². The van der Waals surface area contributed by atoms with E-state index in [1.807, 2.05) is 31.2 Å². The Bertz CT molecular complexity index is 511. The quantitative estimate of drug-likeness (QED) is 0.467. The number of carbonyl (C=O) groups is 1. The minimum atomic E-state index is -0.129. The summed E-state index contributed by atoms with van der Waals surface area (Å²) in [6.07, 6.45) is 1.43. The third-order valence-electron chi connectivity index (χ3n) is 2.37. The van der Waals surface area contributed by atoms with Gasteiger partial charge in [0.1, 0.15) is 11.2 Å². The summed E-state index contributed by atoms with van der Waals surface area (Å²) in [7, 11) is 1.51. The first-order valence-corrected chi connectivity index (χ1v) is 6.22. The van der Waals surface area contributed by atoms with Gasteiger partial charge in [-0.1, -0.05) is 42.2 Å². The third-order valence-corrected chi connectivity index (χ3v) is 3.66. The van der Waals surface area contributed by atoms with Crippen LogP contribution in [0.25, 0.3) is 0 Å². The SMILES string of the molecule is CO/C=C1/SC(=S)N(c2ccccc2C)C1=O. The molecular formula is C12H11NO2S2. The first-order chi connectivity index (χ1) is 8.15. The molecule has 0 unspecified atom stereocenters. The molecule has 5 heteroatoms. The number of hydrogen-bond donors (Lipinski definition) is 0. The van der Waals surface area contributed by atoms with Crippen LogP contribution in [0.2, 0.25) is 0 Å². The highest BCUT2D eigenvalue weighted by molar-refractivity contribution is 8.27. The Morgan fingerprint density at radius 1 is 1.41 bits per heavy atom. The van der Waals surface area contributed by atoms with Crippen molar-refractivity contribution in [1.82, 2.24) is 0 Å².